The molecule has 4 nitrogen and oxygen atoms in total. The molecule has 5 heteroatoms. The Hall–Kier alpha value is -2.69. The van der Waals surface area contributed by atoms with Crippen LogP contribution in [0.15, 0.2) is 49.2 Å². The SMILES string of the molecule is C=CC(=O)NCc1cnc(-c2ccc(F)cc2)cc1N1CCCC1. The molecule has 0 bridgehead atoms. The third-order valence-electron chi connectivity index (χ3n) is 4.19. The number of carbonyl (C=O) groups excluding carboxylic acids is 1. The molecule has 0 radical (unpaired) electrons. The fourth-order valence-electron chi connectivity index (χ4n) is 2.89. The summed E-state index contributed by atoms with van der Waals surface area (Å²) in [6.07, 6.45) is 5.37. The van der Waals surface area contributed by atoms with Crippen molar-refractivity contribution in [3.8, 4) is 11.3 Å². The summed E-state index contributed by atoms with van der Waals surface area (Å²) in [5.41, 5.74) is 3.72. The second-order valence-corrected chi connectivity index (χ2v) is 5.82. The maximum Gasteiger partial charge on any atom is 0.243 e. The zero-order valence-electron chi connectivity index (χ0n) is 13.5. The average molecular weight is 325 g/mol. The number of rotatable bonds is 5. The second-order valence-electron chi connectivity index (χ2n) is 5.82. The number of aromatic nitrogens is 1. The van der Waals surface area contributed by atoms with Gasteiger partial charge in [-0.2, -0.15) is 0 Å². The van der Waals surface area contributed by atoms with Crippen molar-refractivity contribution in [1.29, 1.82) is 0 Å². The Labute approximate surface area is 141 Å². The molecule has 24 heavy (non-hydrogen) atoms. The lowest BCUT2D eigenvalue weighted by Crippen LogP contribution is -2.24. The molecular formula is C19H20FN3O. The summed E-state index contributed by atoms with van der Waals surface area (Å²) in [6.45, 7) is 5.87. The molecule has 1 saturated heterocycles. The molecule has 1 aliphatic heterocycles. The number of pyridine rings is 1. The highest BCUT2D eigenvalue weighted by molar-refractivity contribution is 5.86. The number of halogens is 1. The van der Waals surface area contributed by atoms with Crippen LogP contribution in [-0.4, -0.2) is 24.0 Å². The first-order valence-electron chi connectivity index (χ1n) is 8.07. The predicted molar refractivity (Wildman–Crippen MR) is 93.1 cm³/mol. The standard InChI is InChI=1S/C19H20FN3O/c1-2-19(24)22-13-15-12-21-17(14-5-7-16(20)8-6-14)11-18(15)23-9-3-4-10-23/h2,5-8,11-12H,1,3-4,9-10,13H2,(H,22,24). The van der Waals surface area contributed by atoms with E-state index < -0.39 is 0 Å². The maximum absolute atomic E-state index is 13.1. The molecule has 1 amide bonds. The molecule has 3 rings (SSSR count). The number of amides is 1. The van der Waals surface area contributed by atoms with Crippen LogP contribution in [0.25, 0.3) is 11.3 Å². The molecule has 0 unspecified atom stereocenters. The van der Waals surface area contributed by atoms with Gasteiger partial charge in [-0.15, -0.1) is 0 Å². The van der Waals surface area contributed by atoms with Crippen molar-refractivity contribution >= 4 is 11.6 Å². The van der Waals surface area contributed by atoms with Crippen molar-refractivity contribution in [3.05, 3.63) is 60.6 Å². The lowest BCUT2D eigenvalue weighted by Gasteiger charge is -2.22. The molecular weight excluding hydrogens is 305 g/mol. The monoisotopic (exact) mass is 325 g/mol. The van der Waals surface area contributed by atoms with Gasteiger partial charge < -0.3 is 10.2 Å². The minimum absolute atomic E-state index is 0.204. The quantitative estimate of drug-likeness (QED) is 0.858. The van der Waals surface area contributed by atoms with Gasteiger partial charge in [-0.25, -0.2) is 4.39 Å². The van der Waals surface area contributed by atoms with Crippen LogP contribution in [0.3, 0.4) is 0 Å². The Morgan fingerprint density at radius 3 is 2.67 bits per heavy atom. The predicted octanol–water partition coefficient (Wildman–Crippen LogP) is 3.29. The van der Waals surface area contributed by atoms with Gasteiger partial charge in [0, 0.05) is 42.6 Å². The zero-order chi connectivity index (χ0) is 16.9. The number of hydrogen-bond acceptors (Lipinski definition) is 3. The Morgan fingerprint density at radius 1 is 1.29 bits per heavy atom. The topological polar surface area (TPSA) is 45.2 Å². The molecule has 2 heterocycles. The third-order valence-corrected chi connectivity index (χ3v) is 4.19. The molecule has 0 atom stereocenters. The molecule has 2 aromatic rings. The van der Waals surface area contributed by atoms with Crippen molar-refractivity contribution in [2.24, 2.45) is 0 Å². The van der Waals surface area contributed by atoms with E-state index in [0.717, 1.165) is 48.4 Å². The van der Waals surface area contributed by atoms with Gasteiger partial charge in [-0.05, 0) is 49.2 Å². The van der Waals surface area contributed by atoms with E-state index in [1.807, 2.05) is 6.07 Å². The highest BCUT2D eigenvalue weighted by Crippen LogP contribution is 2.29. The van der Waals surface area contributed by atoms with Crippen molar-refractivity contribution in [2.45, 2.75) is 19.4 Å². The molecule has 1 fully saturated rings. The number of anilines is 1. The van der Waals surface area contributed by atoms with Crippen LogP contribution in [-0.2, 0) is 11.3 Å². The molecule has 1 aromatic carbocycles. The second kappa shape index (κ2) is 7.25. The molecule has 124 valence electrons. The van der Waals surface area contributed by atoms with Gasteiger partial charge in [0.05, 0.1) is 5.69 Å². The van der Waals surface area contributed by atoms with Gasteiger partial charge >= 0.3 is 0 Å². The van der Waals surface area contributed by atoms with Gasteiger partial charge in [-0.3, -0.25) is 9.78 Å². The van der Waals surface area contributed by atoms with E-state index in [4.69, 9.17) is 0 Å². The van der Waals surface area contributed by atoms with Crippen molar-refractivity contribution < 1.29 is 9.18 Å². The first kappa shape index (κ1) is 16.2. The molecule has 1 N–H and O–H groups in total. The maximum atomic E-state index is 13.1. The van der Waals surface area contributed by atoms with E-state index in [2.05, 4.69) is 21.8 Å². The summed E-state index contributed by atoms with van der Waals surface area (Å²) in [4.78, 5) is 18.2. The summed E-state index contributed by atoms with van der Waals surface area (Å²) in [5.74, 6) is -0.466. The largest absolute Gasteiger partial charge is 0.371 e. The van der Waals surface area contributed by atoms with Gasteiger partial charge in [0.25, 0.3) is 0 Å². The summed E-state index contributed by atoms with van der Waals surface area (Å²) in [5, 5.41) is 2.81. The van der Waals surface area contributed by atoms with Crippen molar-refractivity contribution in [3.63, 3.8) is 0 Å². The van der Waals surface area contributed by atoms with Crippen LogP contribution in [0, 0.1) is 5.82 Å². The van der Waals surface area contributed by atoms with Crippen molar-refractivity contribution in [2.75, 3.05) is 18.0 Å². The lowest BCUT2D eigenvalue weighted by atomic mass is 10.1. The minimum atomic E-state index is -0.262. The normalized spacial score (nSPS) is 13.8. The smallest absolute Gasteiger partial charge is 0.243 e. The lowest BCUT2D eigenvalue weighted by molar-refractivity contribution is -0.116. The van der Waals surface area contributed by atoms with E-state index >= 15 is 0 Å². The number of hydrogen-bond donors (Lipinski definition) is 1. The molecule has 0 saturated carbocycles. The molecule has 1 aliphatic rings. The van der Waals surface area contributed by atoms with Crippen LogP contribution in [0.2, 0.25) is 0 Å². The highest BCUT2D eigenvalue weighted by Gasteiger charge is 2.17. The first-order chi connectivity index (χ1) is 11.7. The van der Waals surface area contributed by atoms with Crippen LogP contribution < -0.4 is 10.2 Å². The number of nitrogens with zero attached hydrogens (tertiary/aromatic N) is 2. The van der Waals surface area contributed by atoms with Crippen LogP contribution in [0.4, 0.5) is 10.1 Å². The van der Waals surface area contributed by atoms with Crippen LogP contribution in [0.1, 0.15) is 18.4 Å². The number of carbonyl (C=O) groups is 1. The average Bonchev–Trinajstić information content (AvgIpc) is 3.14. The first-order valence-corrected chi connectivity index (χ1v) is 8.07. The number of nitrogens with one attached hydrogen (secondary N) is 1. The van der Waals surface area contributed by atoms with E-state index in [9.17, 15) is 9.18 Å². The Bertz CT molecular complexity index is 737. The Balaban J connectivity index is 1.92. The summed E-state index contributed by atoms with van der Waals surface area (Å²) >= 11 is 0. The van der Waals surface area contributed by atoms with Crippen LogP contribution >= 0.6 is 0 Å². The fraction of sp³-hybridized carbons (Fsp3) is 0.263. The third kappa shape index (κ3) is 3.62. The molecule has 0 aliphatic carbocycles. The Kier molecular flexibility index (Phi) is 4.89. The van der Waals surface area contributed by atoms with Gasteiger partial charge in [0.2, 0.25) is 5.91 Å². The summed E-state index contributed by atoms with van der Waals surface area (Å²) in [6, 6.07) is 8.35. The van der Waals surface area contributed by atoms with E-state index in [1.54, 1.807) is 18.3 Å². The van der Waals surface area contributed by atoms with Gasteiger partial charge in [0.15, 0.2) is 0 Å². The van der Waals surface area contributed by atoms with E-state index in [-0.39, 0.29) is 11.7 Å². The Morgan fingerprint density at radius 2 is 2.00 bits per heavy atom. The van der Waals surface area contributed by atoms with E-state index in [0.29, 0.717) is 6.54 Å². The van der Waals surface area contributed by atoms with Crippen LogP contribution in [0.5, 0.6) is 0 Å². The molecule has 1 aromatic heterocycles. The van der Waals surface area contributed by atoms with E-state index in [1.165, 1.54) is 18.2 Å². The highest BCUT2D eigenvalue weighted by atomic mass is 19.1. The minimum Gasteiger partial charge on any atom is -0.371 e. The van der Waals surface area contributed by atoms with Gasteiger partial charge in [0.1, 0.15) is 5.82 Å². The fourth-order valence-corrected chi connectivity index (χ4v) is 2.89. The van der Waals surface area contributed by atoms with Crippen molar-refractivity contribution in [1.82, 2.24) is 10.3 Å². The number of benzene rings is 1. The summed E-state index contributed by atoms with van der Waals surface area (Å²) < 4.78 is 13.1. The molecule has 0 spiro atoms. The zero-order valence-corrected chi connectivity index (χ0v) is 13.5. The van der Waals surface area contributed by atoms with Gasteiger partial charge in [-0.1, -0.05) is 6.58 Å². The summed E-state index contributed by atoms with van der Waals surface area (Å²) in [7, 11) is 0.